The quantitative estimate of drug-likeness (QED) is 0.268. The second-order valence-corrected chi connectivity index (χ2v) is 7.27. The Balaban J connectivity index is 0.000000130. The number of H-pyrrole nitrogens is 3. The van der Waals surface area contributed by atoms with Crippen molar-refractivity contribution in [3.05, 3.63) is 90.3 Å². The number of hydrogen-bond acceptors (Lipinski definition) is 3. The van der Waals surface area contributed by atoms with E-state index in [4.69, 9.17) is 0 Å². The summed E-state index contributed by atoms with van der Waals surface area (Å²) in [5.74, 6) is 0. The second-order valence-electron chi connectivity index (χ2n) is 7.27. The van der Waals surface area contributed by atoms with E-state index >= 15 is 0 Å². The first kappa shape index (κ1) is 22.4. The number of nitrogens with zero attached hydrogens (tertiary/aromatic N) is 3. The molecule has 3 aromatic heterocycles. The fraction of sp³-hybridized carbons (Fsp3) is 0.125. The van der Waals surface area contributed by atoms with E-state index in [0.717, 1.165) is 33.1 Å². The molecule has 0 saturated heterocycles. The molecule has 153 valence electrons. The zero-order valence-electron chi connectivity index (χ0n) is 17.8. The monoisotopic (exact) mass is 465 g/mol. The van der Waals surface area contributed by atoms with Crippen LogP contribution in [0.25, 0.3) is 33.1 Å². The molecule has 6 rings (SSSR count). The molecule has 0 fully saturated rings. The number of benzene rings is 3. The van der Waals surface area contributed by atoms with Gasteiger partial charge in [0.15, 0.2) is 0 Å². The molecule has 0 aliphatic rings. The van der Waals surface area contributed by atoms with Crippen LogP contribution in [0.3, 0.4) is 0 Å². The first-order valence-corrected chi connectivity index (χ1v) is 9.78. The number of rotatable bonds is 0. The standard InChI is InChI=1S/3C8H8N2.Ga/c3*1-6-2-3-7-8(4-6)10-5-9-7;/h3*2-5H,1H3,(H,9,10);. The maximum Gasteiger partial charge on any atom is 0.0931 e. The summed E-state index contributed by atoms with van der Waals surface area (Å²) in [6, 6.07) is 18.5. The minimum absolute atomic E-state index is 0. The van der Waals surface area contributed by atoms with Gasteiger partial charge in [-0.1, -0.05) is 18.2 Å². The molecule has 0 bridgehead atoms. The normalized spacial score (nSPS) is 10.2. The van der Waals surface area contributed by atoms with Gasteiger partial charge in [-0.25, -0.2) is 15.0 Å². The molecule has 0 spiro atoms. The Hall–Kier alpha value is -3.29. The van der Waals surface area contributed by atoms with E-state index in [9.17, 15) is 0 Å². The van der Waals surface area contributed by atoms with Crippen LogP contribution in [-0.2, 0) is 0 Å². The smallest absolute Gasteiger partial charge is 0.0931 e. The molecule has 31 heavy (non-hydrogen) atoms. The maximum absolute atomic E-state index is 4.10. The minimum Gasteiger partial charge on any atom is -0.345 e. The van der Waals surface area contributed by atoms with Gasteiger partial charge in [-0.2, -0.15) is 0 Å². The van der Waals surface area contributed by atoms with Crippen LogP contribution in [0.1, 0.15) is 16.7 Å². The SMILES string of the molecule is Cc1ccc2nc[nH]c2c1.Cc1ccc2nc[nH]c2c1.Cc1ccc2nc[nH]c2c1.[Ga]. The number of aromatic nitrogens is 6. The van der Waals surface area contributed by atoms with Gasteiger partial charge in [0.2, 0.25) is 0 Å². The van der Waals surface area contributed by atoms with E-state index in [-0.39, 0.29) is 19.8 Å². The molecule has 0 saturated carbocycles. The Bertz CT molecular complexity index is 1220. The van der Waals surface area contributed by atoms with E-state index in [0.29, 0.717) is 0 Å². The van der Waals surface area contributed by atoms with Gasteiger partial charge in [-0.05, 0) is 73.9 Å². The third-order valence-electron chi connectivity index (χ3n) is 4.73. The summed E-state index contributed by atoms with van der Waals surface area (Å²) in [6.07, 6.45) is 5.14. The van der Waals surface area contributed by atoms with Crippen LogP contribution in [0.5, 0.6) is 0 Å². The summed E-state index contributed by atoms with van der Waals surface area (Å²) in [4.78, 5) is 21.5. The first-order chi connectivity index (χ1) is 14.6. The van der Waals surface area contributed by atoms with Crippen LogP contribution in [0.4, 0.5) is 0 Å². The zero-order chi connectivity index (χ0) is 20.9. The summed E-state index contributed by atoms with van der Waals surface area (Å²) in [5.41, 5.74) is 10.2. The van der Waals surface area contributed by atoms with Crippen molar-refractivity contribution in [3.63, 3.8) is 0 Å². The van der Waals surface area contributed by atoms with E-state index in [1.54, 1.807) is 19.0 Å². The van der Waals surface area contributed by atoms with E-state index in [1.165, 1.54) is 16.7 Å². The van der Waals surface area contributed by atoms with Gasteiger partial charge in [-0.3, -0.25) is 0 Å². The Kier molecular flexibility index (Phi) is 7.33. The molecular formula is C24H24GaN6. The van der Waals surface area contributed by atoms with Gasteiger partial charge >= 0.3 is 0 Å². The number of imidazole rings is 3. The van der Waals surface area contributed by atoms with Crippen molar-refractivity contribution in [3.8, 4) is 0 Å². The van der Waals surface area contributed by atoms with Crippen molar-refractivity contribution in [1.29, 1.82) is 0 Å². The summed E-state index contributed by atoms with van der Waals surface area (Å²) in [5, 5.41) is 0. The van der Waals surface area contributed by atoms with Crippen molar-refractivity contribution in [2.45, 2.75) is 20.8 Å². The predicted octanol–water partition coefficient (Wildman–Crippen LogP) is 5.23. The van der Waals surface area contributed by atoms with Crippen LogP contribution in [0.2, 0.25) is 0 Å². The average Bonchev–Trinajstić information content (AvgIpc) is 3.48. The van der Waals surface area contributed by atoms with Crippen LogP contribution in [-0.4, -0.2) is 49.7 Å². The van der Waals surface area contributed by atoms with Crippen LogP contribution in [0, 0.1) is 20.8 Å². The average molecular weight is 466 g/mol. The molecule has 7 heteroatoms. The van der Waals surface area contributed by atoms with Gasteiger partial charge in [0, 0.05) is 19.8 Å². The molecule has 0 unspecified atom stereocenters. The van der Waals surface area contributed by atoms with E-state index in [1.807, 2.05) is 18.2 Å². The predicted molar refractivity (Wildman–Crippen MR) is 128 cm³/mol. The van der Waals surface area contributed by atoms with Crippen molar-refractivity contribution in [2.24, 2.45) is 0 Å². The molecule has 3 N–H and O–H groups in total. The van der Waals surface area contributed by atoms with Gasteiger partial charge in [0.25, 0.3) is 0 Å². The molecular weight excluding hydrogens is 442 g/mol. The van der Waals surface area contributed by atoms with Crippen molar-refractivity contribution < 1.29 is 0 Å². The molecule has 0 atom stereocenters. The summed E-state index contributed by atoms with van der Waals surface area (Å²) in [7, 11) is 0. The van der Waals surface area contributed by atoms with Gasteiger partial charge in [-0.15, -0.1) is 0 Å². The number of aromatic amines is 3. The third kappa shape index (κ3) is 5.65. The summed E-state index contributed by atoms with van der Waals surface area (Å²) < 4.78 is 0. The second kappa shape index (κ2) is 10.1. The summed E-state index contributed by atoms with van der Waals surface area (Å²) >= 11 is 0. The molecule has 6 nitrogen and oxygen atoms in total. The number of fused-ring (bicyclic) bond motifs is 3. The summed E-state index contributed by atoms with van der Waals surface area (Å²) in [6.45, 7) is 6.21. The molecule has 3 heterocycles. The molecule has 3 aromatic carbocycles. The maximum atomic E-state index is 4.10. The number of nitrogens with one attached hydrogen (secondary N) is 3. The third-order valence-corrected chi connectivity index (χ3v) is 4.73. The molecule has 3 radical (unpaired) electrons. The van der Waals surface area contributed by atoms with Crippen molar-refractivity contribution >= 4 is 52.9 Å². The fourth-order valence-corrected chi connectivity index (χ4v) is 3.15. The van der Waals surface area contributed by atoms with Crippen LogP contribution >= 0.6 is 0 Å². The van der Waals surface area contributed by atoms with Gasteiger partial charge < -0.3 is 15.0 Å². The Morgan fingerprint density at radius 2 is 0.774 bits per heavy atom. The van der Waals surface area contributed by atoms with E-state index < -0.39 is 0 Å². The fourth-order valence-electron chi connectivity index (χ4n) is 3.15. The topological polar surface area (TPSA) is 86.0 Å². The van der Waals surface area contributed by atoms with Crippen LogP contribution in [0.15, 0.2) is 73.6 Å². The van der Waals surface area contributed by atoms with Gasteiger partial charge in [0.1, 0.15) is 0 Å². The zero-order valence-corrected chi connectivity index (χ0v) is 20.3. The Labute approximate surface area is 193 Å². The Morgan fingerprint density at radius 3 is 1.06 bits per heavy atom. The first-order valence-electron chi connectivity index (χ1n) is 9.78. The van der Waals surface area contributed by atoms with Gasteiger partial charge in [0.05, 0.1) is 52.1 Å². The Morgan fingerprint density at radius 1 is 0.484 bits per heavy atom. The van der Waals surface area contributed by atoms with Crippen molar-refractivity contribution in [2.75, 3.05) is 0 Å². The number of aryl methyl sites for hydroxylation is 3. The molecule has 0 aliphatic carbocycles. The van der Waals surface area contributed by atoms with Crippen LogP contribution < -0.4 is 0 Å². The number of hydrogen-bond donors (Lipinski definition) is 3. The van der Waals surface area contributed by atoms with Crippen molar-refractivity contribution in [1.82, 2.24) is 29.9 Å². The van der Waals surface area contributed by atoms with E-state index in [2.05, 4.69) is 87.1 Å². The largest absolute Gasteiger partial charge is 0.345 e. The molecule has 0 amide bonds. The minimum atomic E-state index is 0. The molecule has 6 aromatic rings. The molecule has 0 aliphatic heterocycles.